The molecule has 7 rings (SSSR count). The zero-order valence-electron chi connectivity index (χ0n) is 25.6. The number of nitrogens with one attached hydrogen (secondary N) is 2. The highest BCUT2D eigenvalue weighted by atomic mass is 16.4. The normalized spacial score (nSPS) is 12.7. The van der Waals surface area contributed by atoms with Crippen LogP contribution in [0.1, 0.15) is 66.8 Å². The van der Waals surface area contributed by atoms with Gasteiger partial charge in [-0.05, 0) is 110 Å². The Labute approximate surface area is 258 Å². The van der Waals surface area contributed by atoms with Gasteiger partial charge in [-0.1, -0.05) is 6.92 Å². The first-order valence-electron chi connectivity index (χ1n) is 15.2. The quantitative estimate of drug-likeness (QED) is 0.147. The Morgan fingerprint density at radius 3 is 2.02 bits per heavy atom. The number of pyridine rings is 1. The molecule has 0 aliphatic carbocycles. The van der Waals surface area contributed by atoms with Gasteiger partial charge < -0.3 is 20.2 Å². The molecule has 45 heavy (non-hydrogen) atoms. The Hall–Kier alpha value is -5.31. The number of H-pyrrole nitrogens is 2. The summed E-state index contributed by atoms with van der Waals surface area (Å²) in [5.41, 5.74) is 13.5. The maximum absolute atomic E-state index is 11.6. The number of nitrogens with zero attached hydrogens (tertiary/aromatic N) is 3. The minimum atomic E-state index is -0.869. The number of carbonyl (C=O) groups is 2. The molecule has 0 amide bonds. The molecule has 4 N–H and O–H groups in total. The zero-order chi connectivity index (χ0) is 31.6. The molecule has 8 bridgehead atoms. The molecule has 9 nitrogen and oxygen atoms in total. The second-order valence-electron chi connectivity index (χ2n) is 11.8. The van der Waals surface area contributed by atoms with Crippen LogP contribution in [0.25, 0.3) is 65.9 Å². The lowest BCUT2D eigenvalue weighted by atomic mass is 10.0. The molecule has 9 heteroatoms. The van der Waals surface area contributed by atoms with Gasteiger partial charge in [-0.2, -0.15) is 0 Å². The highest BCUT2D eigenvalue weighted by Crippen LogP contribution is 2.39. The van der Waals surface area contributed by atoms with E-state index in [4.69, 9.17) is 9.97 Å². The van der Waals surface area contributed by atoms with Gasteiger partial charge in [0.05, 0.1) is 27.9 Å². The maximum atomic E-state index is 11.6. The SMILES string of the molecule is CCC1=C(C)c2nc1cc1[nH]c(cc3[nH]c(cc4nc5c2ccc2nccc4c25)c(C)c3CCC(=O)O)c(CCC(=O)O)c1C. The average molecular weight is 600 g/mol. The van der Waals surface area contributed by atoms with Crippen LogP contribution in [0.4, 0.5) is 0 Å². The van der Waals surface area contributed by atoms with Crippen LogP contribution in [0, 0.1) is 13.8 Å². The molecule has 0 spiro atoms. The third-order valence-electron chi connectivity index (χ3n) is 9.28. The molecule has 0 saturated carbocycles. The first-order chi connectivity index (χ1) is 21.6. The number of aryl methyl sites for hydroxylation is 4. The molecular weight excluding hydrogens is 566 g/mol. The summed E-state index contributed by atoms with van der Waals surface area (Å²) in [6.45, 7) is 8.24. The van der Waals surface area contributed by atoms with Gasteiger partial charge in [0.1, 0.15) is 0 Å². The van der Waals surface area contributed by atoms with Gasteiger partial charge in [-0.25, -0.2) is 9.97 Å². The van der Waals surface area contributed by atoms with Crippen molar-refractivity contribution in [1.82, 2.24) is 24.9 Å². The summed E-state index contributed by atoms with van der Waals surface area (Å²) in [5.74, 6) is -1.73. The zero-order valence-corrected chi connectivity index (χ0v) is 25.6. The third-order valence-corrected chi connectivity index (χ3v) is 9.28. The van der Waals surface area contributed by atoms with Gasteiger partial charge in [0.2, 0.25) is 0 Å². The van der Waals surface area contributed by atoms with Crippen molar-refractivity contribution in [3.8, 4) is 0 Å². The Bertz CT molecular complexity index is 2360. The summed E-state index contributed by atoms with van der Waals surface area (Å²) in [5, 5.41) is 22.0. The molecule has 0 atom stereocenters. The lowest BCUT2D eigenvalue weighted by Crippen LogP contribution is -1.98. The number of hydrogen-bond donors (Lipinski definition) is 4. The largest absolute Gasteiger partial charge is 0.481 e. The molecule has 1 aliphatic heterocycles. The van der Waals surface area contributed by atoms with E-state index in [0.717, 1.165) is 106 Å². The summed E-state index contributed by atoms with van der Waals surface area (Å²) in [6, 6.07) is 12.1. The van der Waals surface area contributed by atoms with Crippen molar-refractivity contribution in [2.24, 2.45) is 0 Å². The minimum Gasteiger partial charge on any atom is -0.481 e. The van der Waals surface area contributed by atoms with E-state index in [9.17, 15) is 19.8 Å². The second-order valence-corrected chi connectivity index (χ2v) is 11.8. The topological polar surface area (TPSA) is 145 Å². The van der Waals surface area contributed by atoms with Crippen LogP contribution in [0.3, 0.4) is 0 Å². The lowest BCUT2D eigenvalue weighted by molar-refractivity contribution is -0.138. The van der Waals surface area contributed by atoms with Gasteiger partial charge in [0.25, 0.3) is 0 Å². The van der Waals surface area contributed by atoms with Crippen molar-refractivity contribution in [3.05, 3.63) is 76.2 Å². The summed E-state index contributed by atoms with van der Waals surface area (Å²) in [7, 11) is 0. The van der Waals surface area contributed by atoms with Crippen LogP contribution in [0.15, 0.2) is 42.6 Å². The Morgan fingerprint density at radius 1 is 0.756 bits per heavy atom. The minimum absolute atomic E-state index is 0.00886. The number of rotatable bonds is 7. The number of allylic oxidation sites excluding steroid dienone is 2. The van der Waals surface area contributed by atoms with Crippen molar-refractivity contribution < 1.29 is 19.8 Å². The number of aromatic nitrogens is 5. The van der Waals surface area contributed by atoms with Gasteiger partial charge in [-0.3, -0.25) is 14.6 Å². The van der Waals surface area contributed by atoms with Gasteiger partial charge in [-0.15, -0.1) is 0 Å². The molecule has 6 aromatic rings. The van der Waals surface area contributed by atoms with E-state index in [1.54, 1.807) is 6.20 Å². The molecule has 0 saturated heterocycles. The predicted octanol–water partition coefficient (Wildman–Crippen LogP) is 7.72. The molecular formula is C36H33N5O4. The van der Waals surface area contributed by atoms with Crippen molar-refractivity contribution in [1.29, 1.82) is 0 Å². The van der Waals surface area contributed by atoms with E-state index < -0.39 is 11.9 Å². The molecule has 1 aliphatic rings. The van der Waals surface area contributed by atoms with Crippen LogP contribution in [0.2, 0.25) is 0 Å². The van der Waals surface area contributed by atoms with Crippen LogP contribution in [-0.4, -0.2) is 47.1 Å². The summed E-state index contributed by atoms with van der Waals surface area (Å²) >= 11 is 0. The fraction of sp³-hybridized carbons (Fsp3) is 0.250. The highest BCUT2D eigenvalue weighted by molar-refractivity contribution is 6.21. The molecule has 0 radical (unpaired) electrons. The lowest BCUT2D eigenvalue weighted by Gasteiger charge is -2.02. The number of fused-ring (bicyclic) bond motifs is 9. The highest BCUT2D eigenvalue weighted by Gasteiger charge is 2.21. The molecule has 0 fully saturated rings. The number of carboxylic acids is 2. The van der Waals surface area contributed by atoms with Crippen LogP contribution in [0.5, 0.6) is 0 Å². The Balaban J connectivity index is 1.68. The second kappa shape index (κ2) is 10.7. The van der Waals surface area contributed by atoms with Gasteiger partial charge >= 0.3 is 11.9 Å². The fourth-order valence-corrected chi connectivity index (χ4v) is 6.89. The third kappa shape index (κ3) is 4.66. The molecule has 0 unspecified atom stereocenters. The van der Waals surface area contributed by atoms with E-state index in [1.807, 2.05) is 38.1 Å². The van der Waals surface area contributed by atoms with Gasteiger partial charge in [0, 0.05) is 57.3 Å². The van der Waals surface area contributed by atoms with E-state index in [0.29, 0.717) is 12.8 Å². The van der Waals surface area contributed by atoms with Crippen molar-refractivity contribution in [3.63, 3.8) is 0 Å². The van der Waals surface area contributed by atoms with E-state index in [1.165, 1.54) is 0 Å². The van der Waals surface area contributed by atoms with Crippen molar-refractivity contribution >= 4 is 77.9 Å². The molecule has 5 aromatic heterocycles. The monoisotopic (exact) mass is 599 g/mol. The number of benzene rings is 1. The smallest absolute Gasteiger partial charge is 0.303 e. The summed E-state index contributed by atoms with van der Waals surface area (Å²) < 4.78 is 0. The fourth-order valence-electron chi connectivity index (χ4n) is 6.89. The number of aliphatic carboxylic acids is 2. The number of hydrogen-bond acceptors (Lipinski definition) is 5. The molecule has 1 aromatic carbocycles. The average Bonchev–Trinajstić information content (AvgIpc) is 3.70. The summed E-state index contributed by atoms with van der Waals surface area (Å²) in [4.78, 5) is 45.4. The van der Waals surface area contributed by atoms with E-state index in [2.05, 4.69) is 40.9 Å². The predicted molar refractivity (Wildman–Crippen MR) is 178 cm³/mol. The van der Waals surface area contributed by atoms with E-state index in [-0.39, 0.29) is 12.8 Å². The maximum Gasteiger partial charge on any atom is 0.303 e. The number of aromatic amines is 2. The Morgan fingerprint density at radius 2 is 1.40 bits per heavy atom. The van der Waals surface area contributed by atoms with Crippen LogP contribution >= 0.6 is 0 Å². The van der Waals surface area contributed by atoms with Gasteiger partial charge in [0.15, 0.2) is 0 Å². The Kier molecular flexibility index (Phi) is 6.76. The number of carboxylic acid groups (broad SMARTS) is 2. The van der Waals surface area contributed by atoms with Crippen LogP contribution < -0.4 is 0 Å². The first-order valence-corrected chi connectivity index (χ1v) is 15.2. The first kappa shape index (κ1) is 28.5. The van der Waals surface area contributed by atoms with Crippen LogP contribution in [-0.2, 0) is 22.4 Å². The van der Waals surface area contributed by atoms with E-state index >= 15 is 0 Å². The van der Waals surface area contributed by atoms with Crippen molar-refractivity contribution in [2.45, 2.75) is 59.8 Å². The van der Waals surface area contributed by atoms with Crippen molar-refractivity contribution in [2.75, 3.05) is 0 Å². The summed E-state index contributed by atoms with van der Waals surface area (Å²) in [6.07, 6.45) is 3.27. The standard InChI is InChI=1S/C36H33N5O4/c1-5-20-19(4)35-24-6-9-25-34-23(12-13-37-25)31(41-36(24)34)15-27-18(3)22(8-11-33(44)45)30(39-27)16-29-21(7-10-32(42)43)17(2)26(38-29)14-28(20)40-35/h6,9,12-16,38-39H,5,7-8,10-11H2,1-4H3,(H,42,43)(H,44,45). The molecule has 6 heterocycles. The molecule has 226 valence electrons.